The fourth-order valence-electron chi connectivity index (χ4n) is 2.23. The molecule has 0 atom stereocenters. The van der Waals surface area contributed by atoms with Gasteiger partial charge in [0.15, 0.2) is 0 Å². The van der Waals surface area contributed by atoms with Gasteiger partial charge in [-0.25, -0.2) is 10.9 Å². The van der Waals surface area contributed by atoms with E-state index in [0.717, 1.165) is 16.4 Å². The van der Waals surface area contributed by atoms with Crippen LogP contribution in [0.5, 0.6) is 0 Å². The van der Waals surface area contributed by atoms with Gasteiger partial charge in [0.2, 0.25) is 0 Å². The van der Waals surface area contributed by atoms with E-state index in [9.17, 15) is 4.79 Å². The lowest BCUT2D eigenvalue weighted by molar-refractivity contribution is 0.0987. The van der Waals surface area contributed by atoms with Gasteiger partial charge in [0.1, 0.15) is 0 Å². The number of hydrogen-bond acceptors (Lipinski definition) is 3. The second-order valence-electron chi connectivity index (χ2n) is 5.08. The van der Waals surface area contributed by atoms with E-state index < -0.39 is 0 Å². The molecule has 0 saturated heterocycles. The van der Waals surface area contributed by atoms with E-state index in [2.05, 4.69) is 5.32 Å². The molecule has 3 aromatic carbocycles. The summed E-state index contributed by atoms with van der Waals surface area (Å²) in [7, 11) is 0. The number of para-hydroxylation sites is 1. The molecular weight excluding hydrogens is 286 g/mol. The fourth-order valence-corrected chi connectivity index (χ4v) is 2.23. The van der Waals surface area contributed by atoms with Gasteiger partial charge >= 0.3 is 0 Å². The number of benzene rings is 3. The molecule has 0 bridgehead atoms. The molecule has 3 N–H and O–H groups in total. The predicted molar refractivity (Wildman–Crippen MR) is 93.6 cm³/mol. The highest BCUT2D eigenvalue weighted by Gasteiger charge is 2.13. The van der Waals surface area contributed by atoms with Gasteiger partial charge in [-0.15, -0.1) is 0 Å². The van der Waals surface area contributed by atoms with Crippen molar-refractivity contribution in [1.29, 1.82) is 0 Å². The zero-order chi connectivity index (χ0) is 16.1. The predicted octanol–water partition coefficient (Wildman–Crippen LogP) is 3.95. The van der Waals surface area contributed by atoms with E-state index in [1.807, 2.05) is 72.8 Å². The molecule has 23 heavy (non-hydrogen) atoms. The van der Waals surface area contributed by atoms with Crippen molar-refractivity contribution < 1.29 is 4.79 Å². The number of rotatable bonds is 4. The van der Waals surface area contributed by atoms with Crippen molar-refractivity contribution in [3.8, 4) is 0 Å². The third-order valence-electron chi connectivity index (χ3n) is 3.45. The lowest BCUT2D eigenvalue weighted by Gasteiger charge is -2.17. The van der Waals surface area contributed by atoms with E-state index >= 15 is 0 Å². The number of hydrogen-bond donors (Lipinski definition) is 2. The normalized spacial score (nSPS) is 10.1. The maximum absolute atomic E-state index is 12.3. The maximum atomic E-state index is 12.3. The number of nitrogens with zero attached hydrogens (tertiary/aromatic N) is 1. The quantitative estimate of drug-likeness (QED) is 0.436. The Labute approximate surface area is 135 Å². The highest BCUT2D eigenvalue weighted by molar-refractivity contribution is 6.05. The Bertz CT molecular complexity index is 771. The van der Waals surface area contributed by atoms with Crippen LogP contribution in [0, 0.1) is 0 Å². The highest BCUT2D eigenvalue weighted by Crippen LogP contribution is 2.20. The molecule has 4 nitrogen and oxygen atoms in total. The van der Waals surface area contributed by atoms with Crippen LogP contribution in [0.2, 0.25) is 0 Å². The molecule has 0 saturated carbocycles. The molecule has 3 rings (SSSR count). The average molecular weight is 303 g/mol. The van der Waals surface area contributed by atoms with Crippen molar-refractivity contribution in [1.82, 2.24) is 0 Å². The van der Waals surface area contributed by atoms with E-state index in [-0.39, 0.29) is 5.91 Å². The number of anilines is 3. The first-order chi connectivity index (χ1) is 11.2. The van der Waals surface area contributed by atoms with Gasteiger partial charge in [-0.05, 0) is 48.5 Å². The topological polar surface area (TPSA) is 58.4 Å². The fraction of sp³-hybridized carbons (Fsp3) is 0. The first kappa shape index (κ1) is 14.8. The van der Waals surface area contributed by atoms with Gasteiger partial charge in [0, 0.05) is 16.9 Å². The van der Waals surface area contributed by atoms with Crippen molar-refractivity contribution in [2.45, 2.75) is 0 Å². The van der Waals surface area contributed by atoms with Gasteiger partial charge < -0.3 is 5.32 Å². The molecule has 0 aromatic heterocycles. The number of hydrazine groups is 1. The molecule has 0 aliphatic heterocycles. The summed E-state index contributed by atoms with van der Waals surface area (Å²) >= 11 is 0. The largest absolute Gasteiger partial charge is 0.356 e. The highest BCUT2D eigenvalue weighted by atomic mass is 16.2. The number of nitrogens with two attached hydrogens (primary N) is 1. The summed E-state index contributed by atoms with van der Waals surface area (Å²) in [4.78, 5) is 12.3. The summed E-state index contributed by atoms with van der Waals surface area (Å²) in [6.07, 6.45) is 0. The van der Waals surface area contributed by atoms with Gasteiger partial charge in [0.05, 0.1) is 5.69 Å². The first-order valence-electron chi connectivity index (χ1n) is 7.30. The van der Waals surface area contributed by atoms with Gasteiger partial charge in [0.25, 0.3) is 5.91 Å². The van der Waals surface area contributed by atoms with Crippen molar-refractivity contribution in [3.05, 3.63) is 90.5 Å². The summed E-state index contributed by atoms with van der Waals surface area (Å²) < 4.78 is 0. The number of carbonyl (C=O) groups is 1. The Kier molecular flexibility index (Phi) is 4.36. The van der Waals surface area contributed by atoms with Crippen LogP contribution in [0.3, 0.4) is 0 Å². The molecule has 3 aromatic rings. The third kappa shape index (κ3) is 3.56. The second kappa shape index (κ2) is 6.77. The maximum Gasteiger partial charge on any atom is 0.272 e. The van der Waals surface area contributed by atoms with Gasteiger partial charge in [-0.2, -0.15) is 0 Å². The Morgan fingerprint density at radius 3 is 1.87 bits per heavy atom. The minimum atomic E-state index is -0.241. The molecule has 0 unspecified atom stereocenters. The van der Waals surface area contributed by atoms with E-state index in [1.54, 1.807) is 12.1 Å². The molecule has 0 fully saturated rings. The van der Waals surface area contributed by atoms with Crippen LogP contribution in [-0.4, -0.2) is 5.91 Å². The molecule has 0 aliphatic rings. The number of amides is 1. The van der Waals surface area contributed by atoms with Crippen molar-refractivity contribution in [2.75, 3.05) is 10.3 Å². The summed E-state index contributed by atoms with van der Waals surface area (Å²) in [5.74, 6) is 5.70. The molecule has 1 amide bonds. The summed E-state index contributed by atoms with van der Waals surface area (Å²) in [5.41, 5.74) is 3.13. The molecule has 114 valence electrons. The number of carbonyl (C=O) groups excluding carboxylic acids is 1. The van der Waals surface area contributed by atoms with Gasteiger partial charge in [-0.1, -0.05) is 36.4 Å². The summed E-state index contributed by atoms with van der Waals surface area (Å²) in [5, 5.41) is 4.44. The van der Waals surface area contributed by atoms with Crippen LogP contribution < -0.4 is 16.2 Å². The van der Waals surface area contributed by atoms with Crippen LogP contribution >= 0.6 is 0 Å². The van der Waals surface area contributed by atoms with Crippen molar-refractivity contribution >= 4 is 23.0 Å². The summed E-state index contributed by atoms with van der Waals surface area (Å²) in [6, 6.07) is 26.3. The van der Waals surface area contributed by atoms with Gasteiger partial charge in [-0.3, -0.25) is 4.79 Å². The van der Waals surface area contributed by atoms with E-state index in [4.69, 9.17) is 5.84 Å². The van der Waals surface area contributed by atoms with Crippen LogP contribution in [0.15, 0.2) is 84.9 Å². The standard InChI is InChI=1S/C19H17N3O/c20-22(19(23)15-7-3-1-4-8-15)18-13-11-17(12-14-18)21-16-9-5-2-6-10-16/h1-14,21H,20H2. The molecule has 0 aliphatic carbocycles. The van der Waals surface area contributed by atoms with Crippen molar-refractivity contribution in [2.24, 2.45) is 5.84 Å². The van der Waals surface area contributed by atoms with Crippen molar-refractivity contribution in [3.63, 3.8) is 0 Å². The minimum Gasteiger partial charge on any atom is -0.356 e. The second-order valence-corrected chi connectivity index (χ2v) is 5.08. The average Bonchev–Trinajstić information content (AvgIpc) is 2.63. The van der Waals surface area contributed by atoms with Crippen LogP contribution in [-0.2, 0) is 0 Å². The zero-order valence-electron chi connectivity index (χ0n) is 12.5. The number of nitrogens with one attached hydrogen (secondary N) is 1. The molecule has 0 radical (unpaired) electrons. The SMILES string of the molecule is NN(C(=O)c1ccccc1)c1ccc(Nc2ccccc2)cc1. The minimum absolute atomic E-state index is 0.241. The summed E-state index contributed by atoms with van der Waals surface area (Å²) in [6.45, 7) is 0. The zero-order valence-corrected chi connectivity index (χ0v) is 12.5. The first-order valence-corrected chi connectivity index (χ1v) is 7.30. The Morgan fingerprint density at radius 2 is 1.26 bits per heavy atom. The Balaban J connectivity index is 1.73. The third-order valence-corrected chi connectivity index (χ3v) is 3.45. The smallest absolute Gasteiger partial charge is 0.272 e. The van der Waals surface area contributed by atoms with Crippen LogP contribution in [0.4, 0.5) is 17.1 Å². The molecular formula is C19H17N3O. The van der Waals surface area contributed by atoms with E-state index in [0.29, 0.717) is 11.3 Å². The van der Waals surface area contributed by atoms with Crippen LogP contribution in [0.25, 0.3) is 0 Å². The monoisotopic (exact) mass is 303 g/mol. The molecule has 4 heteroatoms. The van der Waals surface area contributed by atoms with E-state index in [1.165, 1.54) is 0 Å². The lowest BCUT2D eigenvalue weighted by Crippen LogP contribution is -2.37. The Hall–Kier alpha value is -3.11. The molecule has 0 heterocycles. The Morgan fingerprint density at radius 1 is 0.739 bits per heavy atom. The van der Waals surface area contributed by atoms with Crippen LogP contribution in [0.1, 0.15) is 10.4 Å². The molecule has 0 spiro atoms. The lowest BCUT2D eigenvalue weighted by atomic mass is 10.2.